The number of benzene rings is 1. The fourth-order valence-electron chi connectivity index (χ4n) is 2.59. The number of nitrogens with one attached hydrogen (secondary N) is 1. The van der Waals surface area contributed by atoms with E-state index in [0.29, 0.717) is 11.3 Å². The lowest BCUT2D eigenvalue weighted by atomic mass is 10.2. The monoisotopic (exact) mass is 321 g/mol. The Bertz CT molecular complexity index is 758. The molecule has 0 unspecified atom stereocenters. The lowest BCUT2D eigenvalue weighted by molar-refractivity contribution is 0.0658. The van der Waals surface area contributed by atoms with Crippen molar-refractivity contribution in [2.45, 2.75) is 0 Å². The maximum atomic E-state index is 12.6. The smallest absolute Gasteiger partial charge is 0.272 e. The molecule has 6 nitrogen and oxygen atoms in total. The molecule has 0 atom stereocenters. The van der Waals surface area contributed by atoms with E-state index in [1.807, 2.05) is 23.1 Å². The second-order valence-electron chi connectivity index (χ2n) is 5.84. The van der Waals surface area contributed by atoms with Gasteiger partial charge in [-0.25, -0.2) is 0 Å². The van der Waals surface area contributed by atoms with Crippen LogP contribution < -0.4 is 5.32 Å². The molecule has 1 aromatic carbocycles. The number of likely N-dealkylation sites (N-methyl/N-ethyl adjacent to an activating group) is 1. The zero-order chi connectivity index (χ0) is 16.9. The minimum absolute atomic E-state index is 0.0356. The van der Waals surface area contributed by atoms with Crippen molar-refractivity contribution in [3.63, 3.8) is 0 Å². The SMILES string of the molecule is CN1CCN(C(=O)c2cc(Nc3ccc(C#N)cc3)ccn2)CC1. The van der Waals surface area contributed by atoms with Crippen molar-refractivity contribution in [1.82, 2.24) is 14.8 Å². The van der Waals surface area contributed by atoms with Gasteiger partial charge in [0.1, 0.15) is 5.69 Å². The first-order chi connectivity index (χ1) is 11.7. The first kappa shape index (κ1) is 16.0. The molecule has 1 fully saturated rings. The number of hydrogen-bond acceptors (Lipinski definition) is 5. The van der Waals surface area contributed by atoms with Crippen molar-refractivity contribution in [3.8, 4) is 6.07 Å². The van der Waals surface area contributed by atoms with Crippen molar-refractivity contribution in [2.75, 3.05) is 38.5 Å². The third-order valence-corrected chi connectivity index (χ3v) is 4.07. The molecule has 0 bridgehead atoms. The summed E-state index contributed by atoms with van der Waals surface area (Å²) < 4.78 is 0. The van der Waals surface area contributed by atoms with Crippen molar-refractivity contribution >= 4 is 17.3 Å². The predicted molar refractivity (Wildman–Crippen MR) is 92.1 cm³/mol. The summed E-state index contributed by atoms with van der Waals surface area (Å²) in [5.41, 5.74) is 2.71. The van der Waals surface area contributed by atoms with Gasteiger partial charge < -0.3 is 15.1 Å². The van der Waals surface area contributed by atoms with Gasteiger partial charge in [-0.05, 0) is 43.4 Å². The number of nitrogens with zero attached hydrogens (tertiary/aromatic N) is 4. The standard InChI is InChI=1S/C18H19N5O/c1-22-8-10-23(11-9-22)18(24)17-12-16(6-7-20-17)21-15-4-2-14(13-19)3-5-15/h2-7,12H,8-11H2,1H3,(H,20,21). The van der Waals surface area contributed by atoms with Crippen molar-refractivity contribution in [3.05, 3.63) is 53.9 Å². The Kier molecular flexibility index (Phi) is 4.73. The van der Waals surface area contributed by atoms with Gasteiger partial charge in [0.2, 0.25) is 0 Å². The molecule has 1 saturated heterocycles. The number of anilines is 2. The molecule has 2 heterocycles. The van der Waals surface area contributed by atoms with Crippen LogP contribution in [-0.2, 0) is 0 Å². The lowest BCUT2D eigenvalue weighted by Crippen LogP contribution is -2.47. The highest BCUT2D eigenvalue weighted by atomic mass is 16.2. The Labute approximate surface area is 141 Å². The van der Waals surface area contributed by atoms with Crippen molar-refractivity contribution in [1.29, 1.82) is 5.26 Å². The van der Waals surface area contributed by atoms with Gasteiger partial charge in [0.05, 0.1) is 11.6 Å². The number of carbonyl (C=O) groups excluding carboxylic acids is 1. The van der Waals surface area contributed by atoms with E-state index >= 15 is 0 Å². The van der Waals surface area contributed by atoms with Gasteiger partial charge in [-0.1, -0.05) is 0 Å². The molecule has 1 aliphatic rings. The summed E-state index contributed by atoms with van der Waals surface area (Å²) in [7, 11) is 2.06. The second-order valence-corrected chi connectivity index (χ2v) is 5.84. The van der Waals surface area contributed by atoms with Gasteiger partial charge >= 0.3 is 0 Å². The predicted octanol–water partition coefficient (Wildman–Crippen LogP) is 2.08. The first-order valence-corrected chi connectivity index (χ1v) is 7.87. The van der Waals surface area contributed by atoms with Crippen LogP contribution in [-0.4, -0.2) is 53.9 Å². The quantitative estimate of drug-likeness (QED) is 0.937. The minimum Gasteiger partial charge on any atom is -0.355 e. The normalized spacial score (nSPS) is 14.9. The molecule has 1 aliphatic heterocycles. The van der Waals surface area contributed by atoms with Gasteiger partial charge in [0.25, 0.3) is 5.91 Å². The van der Waals surface area contributed by atoms with E-state index in [0.717, 1.165) is 37.6 Å². The van der Waals surface area contributed by atoms with Gasteiger partial charge in [-0.3, -0.25) is 9.78 Å². The highest BCUT2D eigenvalue weighted by Gasteiger charge is 2.21. The van der Waals surface area contributed by atoms with Crippen LogP contribution in [0.2, 0.25) is 0 Å². The average molecular weight is 321 g/mol. The van der Waals surface area contributed by atoms with E-state index in [1.54, 1.807) is 24.4 Å². The van der Waals surface area contributed by atoms with Crippen LogP contribution in [0.25, 0.3) is 0 Å². The van der Waals surface area contributed by atoms with E-state index in [9.17, 15) is 4.79 Å². The molecular formula is C18H19N5O. The zero-order valence-corrected chi connectivity index (χ0v) is 13.6. The fourth-order valence-corrected chi connectivity index (χ4v) is 2.59. The van der Waals surface area contributed by atoms with Crippen molar-refractivity contribution < 1.29 is 4.79 Å². The summed E-state index contributed by atoms with van der Waals surface area (Å²) in [6.07, 6.45) is 1.63. The topological polar surface area (TPSA) is 72.3 Å². The Balaban J connectivity index is 1.71. The molecule has 1 N–H and O–H groups in total. The van der Waals surface area contributed by atoms with E-state index < -0.39 is 0 Å². The van der Waals surface area contributed by atoms with Crippen LogP contribution in [0, 0.1) is 11.3 Å². The van der Waals surface area contributed by atoms with Gasteiger partial charge in [0.15, 0.2) is 0 Å². The van der Waals surface area contributed by atoms with E-state index in [4.69, 9.17) is 5.26 Å². The third kappa shape index (κ3) is 3.70. The Morgan fingerprint density at radius 3 is 2.50 bits per heavy atom. The summed E-state index contributed by atoms with van der Waals surface area (Å²) in [6.45, 7) is 3.22. The average Bonchev–Trinajstić information content (AvgIpc) is 2.63. The van der Waals surface area contributed by atoms with Crippen molar-refractivity contribution in [2.24, 2.45) is 0 Å². The summed E-state index contributed by atoms with van der Waals surface area (Å²) in [6, 6.07) is 12.8. The van der Waals surface area contributed by atoms with Crippen LogP contribution in [0.15, 0.2) is 42.6 Å². The maximum Gasteiger partial charge on any atom is 0.272 e. The van der Waals surface area contributed by atoms with Crippen LogP contribution in [0.3, 0.4) is 0 Å². The van der Waals surface area contributed by atoms with Crippen LogP contribution in [0.4, 0.5) is 11.4 Å². The number of carbonyl (C=O) groups is 1. The molecule has 0 saturated carbocycles. The highest BCUT2D eigenvalue weighted by molar-refractivity contribution is 5.93. The number of amides is 1. The molecule has 0 aliphatic carbocycles. The van der Waals surface area contributed by atoms with Crippen LogP contribution >= 0.6 is 0 Å². The highest BCUT2D eigenvalue weighted by Crippen LogP contribution is 2.18. The number of rotatable bonds is 3. The van der Waals surface area contributed by atoms with Gasteiger partial charge in [-0.2, -0.15) is 5.26 Å². The molecule has 122 valence electrons. The van der Waals surface area contributed by atoms with E-state index in [1.165, 1.54) is 0 Å². The molecule has 6 heteroatoms. The molecule has 0 radical (unpaired) electrons. The summed E-state index contributed by atoms with van der Waals surface area (Å²) in [4.78, 5) is 20.8. The number of hydrogen-bond donors (Lipinski definition) is 1. The molecule has 3 rings (SSSR count). The molecule has 24 heavy (non-hydrogen) atoms. The van der Waals surface area contributed by atoms with E-state index in [-0.39, 0.29) is 5.91 Å². The largest absolute Gasteiger partial charge is 0.355 e. The first-order valence-electron chi connectivity index (χ1n) is 7.87. The summed E-state index contributed by atoms with van der Waals surface area (Å²) >= 11 is 0. The summed E-state index contributed by atoms with van der Waals surface area (Å²) in [5, 5.41) is 12.1. The number of piperazine rings is 1. The fraction of sp³-hybridized carbons (Fsp3) is 0.278. The Morgan fingerprint density at radius 2 is 1.83 bits per heavy atom. The van der Waals surface area contributed by atoms with E-state index in [2.05, 4.69) is 28.3 Å². The lowest BCUT2D eigenvalue weighted by Gasteiger charge is -2.32. The zero-order valence-electron chi connectivity index (χ0n) is 13.6. The number of nitriles is 1. The van der Waals surface area contributed by atoms with Gasteiger partial charge in [0, 0.05) is 43.8 Å². The molecule has 0 spiro atoms. The van der Waals surface area contributed by atoms with Gasteiger partial charge in [-0.15, -0.1) is 0 Å². The number of aromatic nitrogens is 1. The third-order valence-electron chi connectivity index (χ3n) is 4.07. The Morgan fingerprint density at radius 1 is 1.12 bits per heavy atom. The van der Waals surface area contributed by atoms with Crippen LogP contribution in [0.5, 0.6) is 0 Å². The molecule has 2 aromatic rings. The summed E-state index contributed by atoms with van der Waals surface area (Å²) in [5.74, 6) is -0.0356. The molecular weight excluding hydrogens is 302 g/mol. The van der Waals surface area contributed by atoms with Crippen LogP contribution in [0.1, 0.15) is 16.1 Å². The second kappa shape index (κ2) is 7.11. The minimum atomic E-state index is -0.0356. The maximum absolute atomic E-state index is 12.6. The molecule has 1 amide bonds. The number of pyridine rings is 1. The Hall–Kier alpha value is -2.91. The molecule has 1 aromatic heterocycles.